The van der Waals surface area contributed by atoms with E-state index in [4.69, 9.17) is 24.7 Å². The molecule has 0 radical (unpaired) electrons. The maximum Gasteiger partial charge on any atom is 0.407 e. The Hall–Kier alpha value is -3.12. The molecule has 1 aliphatic heterocycles. The summed E-state index contributed by atoms with van der Waals surface area (Å²) in [6, 6.07) is 9.40. The maximum absolute atomic E-state index is 13.9. The first-order chi connectivity index (χ1) is 20.7. The Bertz CT molecular complexity index is 1160. The first-order valence-corrected chi connectivity index (χ1v) is 15.0. The van der Waals surface area contributed by atoms with Gasteiger partial charge in [0.15, 0.2) is 5.79 Å². The first-order valence-electron chi connectivity index (χ1n) is 15.0. The Morgan fingerprint density at radius 1 is 1.02 bits per heavy atom. The zero-order valence-electron chi connectivity index (χ0n) is 25.3. The lowest BCUT2D eigenvalue weighted by molar-refractivity contribution is -0.171. The molecule has 0 aromatic heterocycles. The maximum atomic E-state index is 13.9. The third-order valence-electron chi connectivity index (χ3n) is 7.51. The molecule has 1 aliphatic rings. The molecule has 11 heteroatoms. The smallest absolute Gasteiger partial charge is 0.407 e. The molecule has 0 saturated carbocycles. The van der Waals surface area contributed by atoms with E-state index < -0.39 is 47.7 Å². The Kier molecular flexibility index (Phi) is 13.8. The minimum Gasteiger partial charge on any atom is -0.458 e. The van der Waals surface area contributed by atoms with Gasteiger partial charge in [0.2, 0.25) is 0 Å². The molecule has 2 aromatic rings. The summed E-state index contributed by atoms with van der Waals surface area (Å²) in [5, 5.41) is 5.85. The van der Waals surface area contributed by atoms with Crippen LogP contribution in [0, 0.1) is 11.6 Å². The fraction of sp³-hybridized carbons (Fsp3) is 0.562. The molecule has 4 N–H and O–H groups in total. The monoisotopic (exact) mass is 605 g/mol. The number of hydrogen-bond donors (Lipinski definition) is 3. The molecular formula is C32H45F2N3O6. The van der Waals surface area contributed by atoms with Gasteiger partial charge in [-0.3, -0.25) is 0 Å². The summed E-state index contributed by atoms with van der Waals surface area (Å²) < 4.78 is 50.2. The molecule has 0 unspecified atom stereocenters. The van der Waals surface area contributed by atoms with E-state index in [9.17, 15) is 18.4 Å². The number of amides is 1. The number of hydrogen-bond acceptors (Lipinski definition) is 8. The summed E-state index contributed by atoms with van der Waals surface area (Å²) in [4.78, 5) is 25.7. The van der Waals surface area contributed by atoms with Crippen LogP contribution in [0.1, 0.15) is 62.6 Å². The Labute approximate surface area is 252 Å². The minimum absolute atomic E-state index is 0.0521. The van der Waals surface area contributed by atoms with Gasteiger partial charge >= 0.3 is 12.1 Å². The highest BCUT2D eigenvalue weighted by molar-refractivity contribution is 5.81. The number of benzene rings is 2. The number of alkyl carbamates (subject to hydrolysis) is 1. The third kappa shape index (κ3) is 11.1. The van der Waals surface area contributed by atoms with Crippen LogP contribution in [0.15, 0.2) is 42.5 Å². The van der Waals surface area contributed by atoms with Crippen molar-refractivity contribution >= 4 is 12.1 Å². The van der Waals surface area contributed by atoms with Crippen molar-refractivity contribution in [3.8, 4) is 0 Å². The average molecular weight is 606 g/mol. The van der Waals surface area contributed by atoms with Gasteiger partial charge in [0.1, 0.15) is 23.8 Å². The number of carbonyl (C=O) groups excluding carboxylic acids is 2. The molecule has 9 nitrogen and oxygen atoms in total. The van der Waals surface area contributed by atoms with Crippen molar-refractivity contribution in [2.45, 2.75) is 89.3 Å². The van der Waals surface area contributed by atoms with Crippen LogP contribution in [-0.4, -0.2) is 62.9 Å². The van der Waals surface area contributed by atoms with Gasteiger partial charge in [0.05, 0.1) is 20.3 Å². The summed E-state index contributed by atoms with van der Waals surface area (Å²) in [7, 11) is 1.21. The number of methoxy groups -OCH3 is 1. The number of nitrogens with one attached hydrogen (secondary N) is 2. The second kappa shape index (κ2) is 17.2. The van der Waals surface area contributed by atoms with Gasteiger partial charge < -0.3 is 35.3 Å². The molecule has 1 heterocycles. The lowest BCUT2D eigenvalue weighted by Gasteiger charge is -2.30. The van der Waals surface area contributed by atoms with Crippen molar-refractivity contribution in [1.82, 2.24) is 10.6 Å². The highest BCUT2D eigenvalue weighted by atomic mass is 19.1. The molecule has 43 heavy (non-hydrogen) atoms. The number of carbonyl (C=O) groups is 2. The largest absolute Gasteiger partial charge is 0.458 e. The lowest BCUT2D eigenvalue weighted by Crippen LogP contribution is -2.50. The highest BCUT2D eigenvalue weighted by Crippen LogP contribution is 2.31. The fourth-order valence-corrected chi connectivity index (χ4v) is 5.13. The van der Waals surface area contributed by atoms with E-state index in [1.54, 1.807) is 0 Å². The van der Waals surface area contributed by atoms with Gasteiger partial charge in [-0.2, -0.15) is 0 Å². The second-order valence-electron chi connectivity index (χ2n) is 10.9. The van der Waals surface area contributed by atoms with E-state index in [0.29, 0.717) is 38.2 Å². The van der Waals surface area contributed by atoms with E-state index in [-0.39, 0.29) is 19.4 Å². The van der Waals surface area contributed by atoms with Gasteiger partial charge in [-0.1, -0.05) is 44.5 Å². The number of rotatable bonds is 17. The van der Waals surface area contributed by atoms with Gasteiger partial charge in [0.25, 0.3) is 0 Å². The predicted octanol–water partition coefficient (Wildman–Crippen LogP) is 4.54. The summed E-state index contributed by atoms with van der Waals surface area (Å²) in [5.74, 6) is -2.99. The second-order valence-corrected chi connectivity index (χ2v) is 10.9. The van der Waals surface area contributed by atoms with E-state index in [1.807, 2.05) is 18.2 Å². The van der Waals surface area contributed by atoms with Gasteiger partial charge in [-0.25, -0.2) is 18.4 Å². The van der Waals surface area contributed by atoms with Gasteiger partial charge in [0, 0.05) is 38.0 Å². The number of ether oxygens (including phenoxy) is 4. The lowest BCUT2D eigenvalue weighted by atomic mass is 9.99. The number of nitrogens with two attached hydrogens (primary N) is 1. The summed E-state index contributed by atoms with van der Waals surface area (Å²) in [5.41, 5.74) is 9.06. The van der Waals surface area contributed by atoms with Crippen molar-refractivity contribution in [3.63, 3.8) is 0 Å². The van der Waals surface area contributed by atoms with Gasteiger partial charge in [-0.05, 0) is 54.5 Å². The zero-order chi connectivity index (χ0) is 31.2. The Morgan fingerprint density at radius 3 is 2.37 bits per heavy atom. The molecule has 0 aliphatic carbocycles. The zero-order valence-corrected chi connectivity index (χ0v) is 25.3. The number of aryl methyl sites for hydroxylation is 1. The highest BCUT2D eigenvalue weighted by Gasteiger charge is 2.38. The summed E-state index contributed by atoms with van der Waals surface area (Å²) in [6.07, 6.45) is 2.28. The van der Waals surface area contributed by atoms with E-state index >= 15 is 0 Å². The number of halogens is 2. The Morgan fingerprint density at radius 2 is 1.72 bits per heavy atom. The molecule has 0 spiro atoms. The van der Waals surface area contributed by atoms with Crippen molar-refractivity contribution < 1.29 is 37.3 Å². The SMILES string of the molecule is CCCCC1(CC[C@@H](NC(=O)OC)C(=O)O[C@H](CNCc2cccc(CC)c2)[C@@H](N)Cc2cc(F)cc(F)c2)OCCO1. The summed E-state index contributed by atoms with van der Waals surface area (Å²) >= 11 is 0. The van der Waals surface area contributed by atoms with Crippen molar-refractivity contribution in [3.05, 3.63) is 70.8 Å². The number of unbranched alkanes of at least 4 members (excludes halogenated alkanes) is 1. The molecular weight excluding hydrogens is 560 g/mol. The Balaban J connectivity index is 1.75. The average Bonchev–Trinajstić information content (AvgIpc) is 3.46. The van der Waals surface area contributed by atoms with Crippen LogP contribution < -0.4 is 16.4 Å². The van der Waals surface area contributed by atoms with E-state index in [1.165, 1.54) is 24.8 Å². The quantitative estimate of drug-likeness (QED) is 0.225. The predicted molar refractivity (Wildman–Crippen MR) is 158 cm³/mol. The van der Waals surface area contributed by atoms with Gasteiger partial charge in [-0.15, -0.1) is 0 Å². The van der Waals surface area contributed by atoms with E-state index in [2.05, 4.69) is 30.5 Å². The van der Waals surface area contributed by atoms with Crippen LogP contribution in [0.4, 0.5) is 13.6 Å². The standard InChI is InChI=1S/C32H45F2N3O6/c1-4-6-11-32(41-13-14-42-32)12-10-28(37-31(39)40-3)30(38)43-29(21-36-20-23-9-7-8-22(5-2)15-23)27(35)18-24-16-25(33)19-26(34)17-24/h7-9,15-17,19,27-29,36H,4-6,10-14,18,20-21,35H2,1-3H3,(H,37,39)/t27-,28+,29+/m0/s1. The van der Waals surface area contributed by atoms with Crippen LogP contribution in [0.25, 0.3) is 0 Å². The van der Waals surface area contributed by atoms with Crippen LogP contribution in [0.5, 0.6) is 0 Å². The molecule has 2 aromatic carbocycles. The van der Waals surface area contributed by atoms with Crippen molar-refractivity contribution in [2.24, 2.45) is 5.73 Å². The molecule has 1 fully saturated rings. The van der Waals surface area contributed by atoms with Crippen LogP contribution in [0.2, 0.25) is 0 Å². The number of esters is 1. The molecule has 1 amide bonds. The molecule has 238 valence electrons. The molecule has 0 bridgehead atoms. The van der Waals surface area contributed by atoms with Crippen molar-refractivity contribution in [1.29, 1.82) is 0 Å². The van der Waals surface area contributed by atoms with Crippen LogP contribution >= 0.6 is 0 Å². The van der Waals surface area contributed by atoms with Crippen molar-refractivity contribution in [2.75, 3.05) is 26.9 Å². The van der Waals surface area contributed by atoms with E-state index in [0.717, 1.165) is 30.9 Å². The minimum atomic E-state index is -1.07. The normalized spacial score (nSPS) is 16.3. The summed E-state index contributed by atoms with van der Waals surface area (Å²) in [6.45, 7) is 5.70. The topological polar surface area (TPSA) is 121 Å². The van der Waals surface area contributed by atoms with Crippen LogP contribution in [0.3, 0.4) is 0 Å². The molecule has 3 rings (SSSR count). The molecule has 3 atom stereocenters. The fourth-order valence-electron chi connectivity index (χ4n) is 5.13. The first kappa shape index (κ1) is 34.4. The van der Waals surface area contributed by atoms with Crippen LogP contribution in [-0.2, 0) is 43.1 Å². The molecule has 1 saturated heterocycles. The third-order valence-corrected chi connectivity index (χ3v) is 7.51.